The van der Waals surface area contributed by atoms with Crippen LogP contribution >= 0.6 is 11.3 Å². The van der Waals surface area contributed by atoms with Crippen LogP contribution in [0.3, 0.4) is 0 Å². The van der Waals surface area contributed by atoms with E-state index in [0.29, 0.717) is 29.8 Å². The van der Waals surface area contributed by atoms with Gasteiger partial charge in [-0.2, -0.15) is 0 Å². The van der Waals surface area contributed by atoms with Crippen LogP contribution in [0.15, 0.2) is 6.07 Å². The van der Waals surface area contributed by atoms with E-state index in [2.05, 4.69) is 0 Å². The molecule has 1 aromatic heterocycles. The van der Waals surface area contributed by atoms with Crippen LogP contribution in [-0.2, 0) is 20.4 Å². The zero-order chi connectivity index (χ0) is 15.8. The first-order valence-corrected chi connectivity index (χ1v) is 9.37. The van der Waals surface area contributed by atoms with E-state index < -0.39 is 21.8 Å². The number of carbonyl (C=O) groups is 2. The molecule has 116 valence electrons. The number of thiophene rings is 1. The number of hydrogen-bond acceptors (Lipinski definition) is 5. The number of aliphatic carboxylic acids is 1. The molecule has 1 fully saturated rings. The Bertz CT molecular complexity index is 677. The number of aryl methyl sites for hydroxylation is 1. The monoisotopic (exact) mass is 331 g/mol. The zero-order valence-corrected chi connectivity index (χ0v) is 13.5. The van der Waals surface area contributed by atoms with Gasteiger partial charge >= 0.3 is 5.97 Å². The summed E-state index contributed by atoms with van der Waals surface area (Å²) in [6.07, 6.45) is 2.28. The number of carboxylic acids is 1. The van der Waals surface area contributed by atoms with Gasteiger partial charge in [-0.3, -0.25) is 4.79 Å². The lowest BCUT2D eigenvalue weighted by atomic mass is 10.2. The standard InChI is InChI=1S/C13H17NO5S2/c1-8-9(7-21(2,18)19)6-11(20-8)12(15)14-5-3-4-10(14)13(16)17/h6,10H,3-5,7H2,1-2H3,(H,16,17)/t10-/m0/s1. The summed E-state index contributed by atoms with van der Waals surface area (Å²) >= 11 is 1.22. The number of rotatable bonds is 4. The number of amides is 1. The average molecular weight is 331 g/mol. The maximum atomic E-state index is 12.4. The Kier molecular flexibility index (Phi) is 4.38. The Morgan fingerprint density at radius 1 is 1.48 bits per heavy atom. The molecule has 0 aromatic carbocycles. The van der Waals surface area contributed by atoms with Crippen LogP contribution in [0.5, 0.6) is 0 Å². The summed E-state index contributed by atoms with van der Waals surface area (Å²) in [7, 11) is -3.17. The van der Waals surface area contributed by atoms with Crippen molar-refractivity contribution < 1.29 is 23.1 Å². The molecular weight excluding hydrogens is 314 g/mol. The highest BCUT2D eigenvalue weighted by Crippen LogP contribution is 2.27. The molecule has 1 aromatic rings. The number of likely N-dealkylation sites (tertiary alicyclic amines) is 1. The highest BCUT2D eigenvalue weighted by molar-refractivity contribution is 7.89. The first-order chi connectivity index (χ1) is 9.69. The van der Waals surface area contributed by atoms with Crippen molar-refractivity contribution in [3.05, 3.63) is 21.4 Å². The van der Waals surface area contributed by atoms with E-state index in [1.807, 2.05) is 0 Å². The van der Waals surface area contributed by atoms with Crippen molar-refractivity contribution in [2.75, 3.05) is 12.8 Å². The van der Waals surface area contributed by atoms with Gasteiger partial charge < -0.3 is 10.0 Å². The molecule has 8 heteroatoms. The average Bonchev–Trinajstić information content (AvgIpc) is 2.94. The fraction of sp³-hybridized carbons (Fsp3) is 0.538. The van der Waals surface area contributed by atoms with Gasteiger partial charge in [-0.1, -0.05) is 0 Å². The topological polar surface area (TPSA) is 91.8 Å². The predicted octanol–water partition coefficient (Wildman–Crippen LogP) is 1.29. The first-order valence-electron chi connectivity index (χ1n) is 6.50. The summed E-state index contributed by atoms with van der Waals surface area (Å²) in [5, 5.41) is 9.12. The van der Waals surface area contributed by atoms with E-state index in [-0.39, 0.29) is 11.7 Å². The SMILES string of the molecule is Cc1sc(C(=O)N2CCC[C@H]2C(=O)O)cc1CS(C)(=O)=O. The normalized spacial score (nSPS) is 19.0. The second-order valence-corrected chi connectivity index (χ2v) is 8.65. The van der Waals surface area contributed by atoms with Crippen LogP contribution < -0.4 is 0 Å². The summed E-state index contributed by atoms with van der Waals surface area (Å²) in [6.45, 7) is 2.19. The highest BCUT2D eigenvalue weighted by Gasteiger charge is 2.35. The number of carbonyl (C=O) groups excluding carboxylic acids is 1. The summed E-state index contributed by atoms with van der Waals surface area (Å²) in [5.41, 5.74) is 0.608. The van der Waals surface area contributed by atoms with Crippen molar-refractivity contribution in [3.63, 3.8) is 0 Å². The highest BCUT2D eigenvalue weighted by atomic mass is 32.2. The number of hydrogen-bond donors (Lipinski definition) is 1. The minimum atomic E-state index is -3.17. The number of sulfone groups is 1. The minimum absolute atomic E-state index is 0.106. The third kappa shape index (κ3) is 3.62. The molecule has 2 rings (SSSR count). The summed E-state index contributed by atoms with van der Waals surface area (Å²) in [4.78, 5) is 26.1. The van der Waals surface area contributed by atoms with Gasteiger partial charge in [0.05, 0.1) is 10.6 Å². The van der Waals surface area contributed by atoms with E-state index in [0.717, 1.165) is 11.1 Å². The van der Waals surface area contributed by atoms with E-state index in [1.165, 1.54) is 16.2 Å². The van der Waals surface area contributed by atoms with Crippen molar-refractivity contribution in [3.8, 4) is 0 Å². The Morgan fingerprint density at radius 2 is 2.14 bits per heavy atom. The third-order valence-electron chi connectivity index (χ3n) is 3.45. The van der Waals surface area contributed by atoms with Crippen molar-refractivity contribution in [1.82, 2.24) is 4.90 Å². The predicted molar refractivity (Wildman–Crippen MR) is 79.3 cm³/mol. The lowest BCUT2D eigenvalue weighted by molar-refractivity contribution is -0.141. The Hall–Kier alpha value is -1.41. The number of carboxylic acid groups (broad SMARTS) is 1. The largest absolute Gasteiger partial charge is 0.480 e. The van der Waals surface area contributed by atoms with Gasteiger partial charge in [0.25, 0.3) is 5.91 Å². The van der Waals surface area contributed by atoms with E-state index in [1.54, 1.807) is 13.0 Å². The smallest absolute Gasteiger partial charge is 0.326 e. The number of nitrogens with zero attached hydrogens (tertiary/aromatic N) is 1. The third-order valence-corrected chi connectivity index (χ3v) is 5.36. The summed E-state index contributed by atoms with van der Waals surface area (Å²) in [6, 6.07) is 0.791. The van der Waals surface area contributed by atoms with Crippen molar-refractivity contribution in [2.45, 2.75) is 31.6 Å². The lowest BCUT2D eigenvalue weighted by Crippen LogP contribution is -2.40. The fourth-order valence-electron chi connectivity index (χ4n) is 2.46. The molecule has 6 nitrogen and oxygen atoms in total. The molecule has 1 N–H and O–H groups in total. The second-order valence-electron chi connectivity index (χ2n) is 5.26. The Balaban J connectivity index is 2.24. The molecule has 21 heavy (non-hydrogen) atoms. The lowest BCUT2D eigenvalue weighted by Gasteiger charge is -2.20. The molecule has 1 amide bonds. The molecule has 0 spiro atoms. The van der Waals surface area contributed by atoms with Gasteiger partial charge in [0.2, 0.25) is 0 Å². The summed E-state index contributed by atoms with van der Waals surface area (Å²) in [5.74, 6) is -1.43. The van der Waals surface area contributed by atoms with Crippen LogP contribution in [0, 0.1) is 6.92 Å². The molecule has 1 atom stereocenters. The van der Waals surface area contributed by atoms with E-state index in [9.17, 15) is 18.0 Å². The second kappa shape index (κ2) is 5.76. The van der Waals surface area contributed by atoms with E-state index in [4.69, 9.17) is 5.11 Å². The molecule has 1 saturated heterocycles. The quantitative estimate of drug-likeness (QED) is 0.897. The van der Waals surface area contributed by atoms with Crippen molar-refractivity contribution >= 4 is 33.1 Å². The Labute approximate surface area is 127 Å². The minimum Gasteiger partial charge on any atom is -0.480 e. The molecule has 1 aliphatic rings. The van der Waals surface area contributed by atoms with Crippen LogP contribution in [-0.4, -0.2) is 49.1 Å². The zero-order valence-electron chi connectivity index (χ0n) is 11.8. The van der Waals surface area contributed by atoms with Crippen molar-refractivity contribution in [2.24, 2.45) is 0 Å². The molecule has 1 aliphatic heterocycles. The van der Waals surface area contributed by atoms with Crippen LogP contribution in [0.1, 0.15) is 33.0 Å². The molecule has 0 bridgehead atoms. The van der Waals surface area contributed by atoms with Crippen LogP contribution in [0.25, 0.3) is 0 Å². The molecule has 0 radical (unpaired) electrons. The van der Waals surface area contributed by atoms with E-state index >= 15 is 0 Å². The molecule has 0 saturated carbocycles. The van der Waals surface area contributed by atoms with Gasteiger partial charge in [0, 0.05) is 17.7 Å². The van der Waals surface area contributed by atoms with Gasteiger partial charge in [-0.15, -0.1) is 11.3 Å². The molecule has 2 heterocycles. The van der Waals surface area contributed by atoms with Gasteiger partial charge in [-0.25, -0.2) is 13.2 Å². The maximum Gasteiger partial charge on any atom is 0.326 e. The molecular formula is C13H17NO5S2. The fourth-order valence-corrected chi connectivity index (χ4v) is 4.41. The van der Waals surface area contributed by atoms with Crippen LogP contribution in [0.2, 0.25) is 0 Å². The van der Waals surface area contributed by atoms with Gasteiger partial charge in [0.1, 0.15) is 6.04 Å². The molecule has 0 aliphatic carbocycles. The van der Waals surface area contributed by atoms with Crippen LogP contribution in [0.4, 0.5) is 0 Å². The molecule has 0 unspecified atom stereocenters. The van der Waals surface area contributed by atoms with Gasteiger partial charge in [-0.05, 0) is 31.4 Å². The summed E-state index contributed by atoms with van der Waals surface area (Å²) < 4.78 is 22.7. The Morgan fingerprint density at radius 3 is 2.71 bits per heavy atom. The van der Waals surface area contributed by atoms with Gasteiger partial charge in [0.15, 0.2) is 9.84 Å². The van der Waals surface area contributed by atoms with Crippen molar-refractivity contribution in [1.29, 1.82) is 0 Å². The maximum absolute atomic E-state index is 12.4. The first kappa shape index (κ1) is 16.0.